The molecule has 0 bridgehead atoms. The highest BCUT2D eigenvalue weighted by Gasteiger charge is 2.26. The van der Waals surface area contributed by atoms with Gasteiger partial charge in [0.15, 0.2) is 0 Å². The molecule has 2 heterocycles. The van der Waals surface area contributed by atoms with Crippen LogP contribution in [0.25, 0.3) is 0 Å². The number of hydrogen-bond donors (Lipinski definition) is 1. The van der Waals surface area contributed by atoms with E-state index in [4.69, 9.17) is 9.84 Å². The van der Waals surface area contributed by atoms with Crippen molar-refractivity contribution in [1.82, 2.24) is 9.97 Å². The van der Waals surface area contributed by atoms with E-state index in [0.717, 1.165) is 49.4 Å². The van der Waals surface area contributed by atoms with Gasteiger partial charge in [-0.2, -0.15) is 0 Å². The molecule has 0 amide bonds. The van der Waals surface area contributed by atoms with Gasteiger partial charge in [0, 0.05) is 24.9 Å². The van der Waals surface area contributed by atoms with Gasteiger partial charge in [0.1, 0.15) is 5.82 Å². The number of aryl methyl sites for hydroxylation is 1. The molecule has 1 aromatic heterocycles. The highest BCUT2D eigenvalue weighted by Crippen LogP contribution is 2.24. The Hall–Kier alpha value is -1.49. The van der Waals surface area contributed by atoms with Gasteiger partial charge < -0.3 is 9.84 Å². The van der Waals surface area contributed by atoms with Crippen LogP contribution >= 0.6 is 0 Å². The number of fused-ring (bicyclic) bond motifs is 1. The summed E-state index contributed by atoms with van der Waals surface area (Å²) in [4.78, 5) is 20.0. The van der Waals surface area contributed by atoms with Gasteiger partial charge in [-0.15, -0.1) is 0 Å². The fourth-order valence-electron chi connectivity index (χ4n) is 2.87. The lowest BCUT2D eigenvalue weighted by Crippen LogP contribution is -2.24. The Balaban J connectivity index is 1.72. The molecular weight excluding hydrogens is 244 g/mol. The number of rotatable bonds is 3. The molecule has 5 nitrogen and oxygen atoms in total. The first-order chi connectivity index (χ1) is 9.22. The maximum absolute atomic E-state index is 11.0. The summed E-state index contributed by atoms with van der Waals surface area (Å²) in [7, 11) is 0. The molecule has 1 N–H and O–H groups in total. The van der Waals surface area contributed by atoms with Gasteiger partial charge in [-0.25, -0.2) is 9.97 Å². The molecule has 3 rings (SSSR count). The predicted octanol–water partition coefficient (Wildman–Crippen LogP) is 1.39. The highest BCUT2D eigenvalue weighted by atomic mass is 16.5. The summed E-state index contributed by atoms with van der Waals surface area (Å²) in [5.41, 5.74) is 2.02. The standard InChI is InChI=1S/C14H18N2O3/c17-14(18)9-3-4-12-10(6-9)8-15-13(16-12)7-11-2-1-5-19-11/h8-9,11H,1-7H2,(H,17,18). The summed E-state index contributed by atoms with van der Waals surface area (Å²) >= 11 is 0. The number of nitrogens with zero attached hydrogens (tertiary/aromatic N) is 2. The van der Waals surface area contributed by atoms with Gasteiger partial charge in [-0.05, 0) is 37.7 Å². The third-order valence-corrected chi connectivity index (χ3v) is 3.98. The van der Waals surface area contributed by atoms with E-state index in [1.54, 1.807) is 0 Å². The summed E-state index contributed by atoms with van der Waals surface area (Å²) in [5, 5.41) is 9.05. The molecule has 1 aliphatic carbocycles. The molecule has 1 aromatic rings. The largest absolute Gasteiger partial charge is 0.481 e. The molecule has 0 aromatic carbocycles. The Morgan fingerprint density at radius 2 is 2.37 bits per heavy atom. The van der Waals surface area contributed by atoms with Crippen molar-refractivity contribution in [2.24, 2.45) is 5.92 Å². The minimum absolute atomic E-state index is 0.258. The Morgan fingerprint density at radius 3 is 3.11 bits per heavy atom. The average molecular weight is 262 g/mol. The normalized spacial score (nSPS) is 26.1. The Bertz CT molecular complexity index is 484. The number of carboxylic acid groups (broad SMARTS) is 1. The zero-order valence-corrected chi connectivity index (χ0v) is 10.8. The van der Waals surface area contributed by atoms with Crippen molar-refractivity contribution in [3.63, 3.8) is 0 Å². The van der Waals surface area contributed by atoms with E-state index in [2.05, 4.69) is 9.97 Å². The van der Waals surface area contributed by atoms with Gasteiger partial charge >= 0.3 is 5.97 Å². The van der Waals surface area contributed by atoms with Crippen LogP contribution in [0.1, 0.15) is 36.3 Å². The van der Waals surface area contributed by atoms with Crippen molar-refractivity contribution < 1.29 is 14.6 Å². The molecule has 2 aliphatic rings. The molecule has 2 unspecified atom stereocenters. The van der Waals surface area contributed by atoms with E-state index in [-0.39, 0.29) is 12.0 Å². The fourth-order valence-corrected chi connectivity index (χ4v) is 2.87. The van der Waals surface area contributed by atoms with E-state index in [0.29, 0.717) is 12.8 Å². The summed E-state index contributed by atoms with van der Waals surface area (Å²) in [6.07, 6.45) is 7.03. The molecule has 1 saturated heterocycles. The number of carbonyl (C=O) groups is 1. The van der Waals surface area contributed by atoms with Crippen LogP contribution in [0.3, 0.4) is 0 Å². The number of ether oxygens (including phenoxy) is 1. The Morgan fingerprint density at radius 1 is 1.47 bits per heavy atom. The highest BCUT2D eigenvalue weighted by molar-refractivity contribution is 5.70. The van der Waals surface area contributed by atoms with Crippen LogP contribution in [-0.2, 0) is 28.8 Å². The third kappa shape index (κ3) is 2.76. The summed E-state index contributed by atoms with van der Waals surface area (Å²) in [6, 6.07) is 0. The lowest BCUT2D eigenvalue weighted by molar-refractivity contribution is -0.142. The Kier molecular flexibility index (Phi) is 3.46. The maximum Gasteiger partial charge on any atom is 0.306 e. The zero-order chi connectivity index (χ0) is 13.2. The van der Waals surface area contributed by atoms with Crippen LogP contribution in [0, 0.1) is 5.92 Å². The molecule has 0 saturated carbocycles. The van der Waals surface area contributed by atoms with Crippen LogP contribution in [0.5, 0.6) is 0 Å². The molecule has 0 spiro atoms. The molecule has 5 heteroatoms. The number of hydrogen-bond acceptors (Lipinski definition) is 4. The van der Waals surface area contributed by atoms with Gasteiger partial charge in [0.25, 0.3) is 0 Å². The molecule has 19 heavy (non-hydrogen) atoms. The minimum atomic E-state index is -0.714. The molecule has 0 radical (unpaired) electrons. The molecule has 1 fully saturated rings. The van der Waals surface area contributed by atoms with E-state index >= 15 is 0 Å². The first kappa shape index (κ1) is 12.5. The summed E-state index contributed by atoms with van der Waals surface area (Å²) in [6.45, 7) is 0.843. The van der Waals surface area contributed by atoms with Crippen LogP contribution < -0.4 is 0 Å². The third-order valence-electron chi connectivity index (χ3n) is 3.98. The van der Waals surface area contributed by atoms with Gasteiger partial charge in [-0.3, -0.25) is 4.79 Å². The summed E-state index contributed by atoms with van der Waals surface area (Å²) in [5.74, 6) is -0.159. The Labute approximate surface area is 112 Å². The average Bonchev–Trinajstić information content (AvgIpc) is 2.91. The van der Waals surface area contributed by atoms with Crippen LogP contribution in [0.2, 0.25) is 0 Å². The van der Waals surface area contributed by atoms with Crippen molar-refractivity contribution >= 4 is 5.97 Å². The van der Waals surface area contributed by atoms with Crippen LogP contribution in [-0.4, -0.2) is 33.8 Å². The topological polar surface area (TPSA) is 72.3 Å². The van der Waals surface area contributed by atoms with Crippen LogP contribution in [0.15, 0.2) is 6.20 Å². The smallest absolute Gasteiger partial charge is 0.306 e. The van der Waals surface area contributed by atoms with Crippen molar-refractivity contribution in [2.75, 3.05) is 6.61 Å². The SMILES string of the molecule is O=C(O)C1CCc2nc(CC3CCCO3)ncc2C1. The first-order valence-electron chi connectivity index (χ1n) is 6.90. The second kappa shape index (κ2) is 5.25. The first-order valence-corrected chi connectivity index (χ1v) is 6.90. The van der Waals surface area contributed by atoms with Gasteiger partial charge in [-0.1, -0.05) is 0 Å². The number of aliphatic carboxylic acids is 1. The predicted molar refractivity (Wildman–Crippen MR) is 67.9 cm³/mol. The number of aromatic nitrogens is 2. The molecular formula is C14H18N2O3. The molecule has 102 valence electrons. The van der Waals surface area contributed by atoms with Gasteiger partial charge in [0.05, 0.1) is 12.0 Å². The second-order valence-corrected chi connectivity index (χ2v) is 5.38. The minimum Gasteiger partial charge on any atom is -0.481 e. The van der Waals surface area contributed by atoms with Crippen molar-refractivity contribution in [3.8, 4) is 0 Å². The number of carboxylic acids is 1. The van der Waals surface area contributed by atoms with Crippen molar-refractivity contribution in [2.45, 2.75) is 44.6 Å². The summed E-state index contributed by atoms with van der Waals surface area (Å²) < 4.78 is 5.59. The fraction of sp³-hybridized carbons (Fsp3) is 0.643. The molecule has 2 atom stereocenters. The van der Waals surface area contributed by atoms with E-state index in [9.17, 15) is 4.79 Å². The lowest BCUT2D eigenvalue weighted by Gasteiger charge is -2.21. The zero-order valence-electron chi connectivity index (χ0n) is 10.8. The monoisotopic (exact) mass is 262 g/mol. The van der Waals surface area contributed by atoms with E-state index in [1.807, 2.05) is 6.20 Å². The van der Waals surface area contributed by atoms with Crippen molar-refractivity contribution in [1.29, 1.82) is 0 Å². The van der Waals surface area contributed by atoms with Crippen LogP contribution in [0.4, 0.5) is 0 Å². The van der Waals surface area contributed by atoms with E-state index < -0.39 is 5.97 Å². The van der Waals surface area contributed by atoms with Gasteiger partial charge in [0.2, 0.25) is 0 Å². The van der Waals surface area contributed by atoms with Crippen molar-refractivity contribution in [3.05, 3.63) is 23.3 Å². The maximum atomic E-state index is 11.0. The van der Waals surface area contributed by atoms with E-state index in [1.165, 1.54) is 0 Å². The second-order valence-electron chi connectivity index (χ2n) is 5.38. The lowest BCUT2D eigenvalue weighted by atomic mass is 9.87. The quantitative estimate of drug-likeness (QED) is 0.891. The molecule has 1 aliphatic heterocycles.